The van der Waals surface area contributed by atoms with Crippen molar-refractivity contribution in [3.63, 3.8) is 0 Å². The zero-order valence-corrected chi connectivity index (χ0v) is 25.9. The van der Waals surface area contributed by atoms with Crippen molar-refractivity contribution in [2.45, 2.75) is 118 Å². The van der Waals surface area contributed by atoms with Gasteiger partial charge in [0.2, 0.25) is 0 Å². The lowest BCUT2D eigenvalue weighted by molar-refractivity contribution is -0.156. The Morgan fingerprint density at radius 1 is 1.11 bits per heavy atom. The minimum Gasteiger partial charge on any atom is -0.454 e. The van der Waals surface area contributed by atoms with Gasteiger partial charge in [0, 0.05) is 29.7 Å². The fraction of sp³-hybridized carbons (Fsp3) is 0.759. The van der Waals surface area contributed by atoms with Gasteiger partial charge in [-0.25, -0.2) is 0 Å². The lowest BCUT2D eigenvalue weighted by Crippen LogP contribution is -2.50. The van der Waals surface area contributed by atoms with Crippen molar-refractivity contribution >= 4 is 25.9 Å². The highest BCUT2D eigenvalue weighted by molar-refractivity contribution is 6.74. The SMILES string of the molecule is CC(=O)C1C/C=C(/C(F)(F)F)C/C=C/[C@H](C)[C@H](O[Si](C)(C)C(C)(C)C)[C@@H](C)C(=O)C(C)(C)[C@@H](C)CC(=O)O1. The summed E-state index contributed by atoms with van der Waals surface area (Å²) in [6, 6.07) is 0. The van der Waals surface area contributed by atoms with Gasteiger partial charge in [-0.05, 0) is 43.3 Å². The molecule has 0 N–H and O–H groups in total. The second-order valence-electron chi connectivity index (χ2n) is 12.9. The van der Waals surface area contributed by atoms with E-state index >= 15 is 0 Å². The molecule has 1 unspecified atom stereocenters. The number of carbonyl (C=O) groups excluding carboxylic acids is 3. The Morgan fingerprint density at radius 2 is 1.66 bits per heavy atom. The van der Waals surface area contributed by atoms with Gasteiger partial charge in [-0.2, -0.15) is 13.2 Å². The van der Waals surface area contributed by atoms with Crippen LogP contribution in [0.25, 0.3) is 0 Å². The maximum absolute atomic E-state index is 13.9. The number of Topliss-reactive ketones (excluding diaryl/α,β-unsaturated/α-hetero) is 2. The average Bonchev–Trinajstić information content (AvgIpc) is 2.74. The van der Waals surface area contributed by atoms with E-state index in [0.717, 1.165) is 6.08 Å². The average molecular weight is 561 g/mol. The van der Waals surface area contributed by atoms with Crippen molar-refractivity contribution in [2.24, 2.45) is 23.2 Å². The number of cyclic esters (lactones) is 1. The van der Waals surface area contributed by atoms with Gasteiger partial charge in [-0.15, -0.1) is 0 Å². The molecule has 0 saturated heterocycles. The summed E-state index contributed by atoms with van der Waals surface area (Å²) >= 11 is 0. The molecule has 0 saturated carbocycles. The van der Waals surface area contributed by atoms with Gasteiger partial charge in [0.25, 0.3) is 0 Å². The maximum Gasteiger partial charge on any atom is 0.412 e. The summed E-state index contributed by atoms with van der Waals surface area (Å²) in [5.74, 6) is -2.70. The molecule has 38 heavy (non-hydrogen) atoms. The van der Waals surface area contributed by atoms with E-state index in [4.69, 9.17) is 9.16 Å². The molecule has 5 nitrogen and oxygen atoms in total. The zero-order chi connectivity index (χ0) is 29.9. The molecule has 0 bridgehead atoms. The van der Waals surface area contributed by atoms with E-state index in [1.54, 1.807) is 33.8 Å². The molecule has 0 spiro atoms. The van der Waals surface area contributed by atoms with Crippen LogP contribution >= 0.6 is 0 Å². The maximum atomic E-state index is 13.9. The molecule has 5 atom stereocenters. The van der Waals surface area contributed by atoms with Gasteiger partial charge in [-0.1, -0.05) is 73.6 Å². The van der Waals surface area contributed by atoms with Crippen LogP contribution in [0.4, 0.5) is 13.2 Å². The Morgan fingerprint density at radius 3 is 2.13 bits per heavy atom. The van der Waals surface area contributed by atoms with Gasteiger partial charge >= 0.3 is 12.1 Å². The first kappa shape index (κ1) is 34.3. The standard InChI is InChI=1S/C29H47F3O5Si/c1-18-13-12-14-22(29(30,31)32)15-16-23(21(4)33)36-24(34)17-19(2)28(8,9)26(35)20(3)25(18)37-38(10,11)27(5,6)7/h12-13,15,18-20,23,25H,14,16-17H2,1-11H3/b13-12+,22-15+/t18-,19-,20+,23?,25-/m0/s1. The third-order valence-electron chi connectivity index (χ3n) is 8.45. The summed E-state index contributed by atoms with van der Waals surface area (Å²) in [7, 11) is -2.35. The summed E-state index contributed by atoms with van der Waals surface area (Å²) in [4.78, 5) is 38.6. The molecule has 0 aromatic heterocycles. The first-order valence-corrected chi connectivity index (χ1v) is 16.3. The summed E-state index contributed by atoms with van der Waals surface area (Å²) < 4.78 is 53.3. The molecule has 0 aromatic rings. The number of ketones is 2. The fourth-order valence-corrected chi connectivity index (χ4v) is 5.71. The van der Waals surface area contributed by atoms with Crippen LogP contribution in [-0.4, -0.2) is 44.2 Å². The molecule has 0 radical (unpaired) electrons. The Balaban J connectivity index is 3.62. The van der Waals surface area contributed by atoms with Crippen LogP contribution in [0.3, 0.4) is 0 Å². The number of carbonyl (C=O) groups is 3. The van der Waals surface area contributed by atoms with E-state index in [0.29, 0.717) is 0 Å². The molecular weight excluding hydrogens is 513 g/mol. The minimum atomic E-state index is -4.61. The third-order valence-corrected chi connectivity index (χ3v) is 12.9. The van der Waals surface area contributed by atoms with Crippen LogP contribution in [0.2, 0.25) is 18.1 Å². The smallest absolute Gasteiger partial charge is 0.412 e. The number of rotatable bonds is 3. The van der Waals surface area contributed by atoms with Crippen molar-refractivity contribution < 1.29 is 36.7 Å². The summed E-state index contributed by atoms with van der Waals surface area (Å²) in [6.45, 7) is 20.6. The van der Waals surface area contributed by atoms with E-state index in [1.807, 2.05) is 6.92 Å². The van der Waals surface area contributed by atoms with Crippen LogP contribution in [0.1, 0.15) is 81.6 Å². The third kappa shape index (κ3) is 8.90. The van der Waals surface area contributed by atoms with Crippen molar-refractivity contribution in [3.05, 3.63) is 23.8 Å². The predicted octanol–water partition coefficient (Wildman–Crippen LogP) is 7.61. The summed E-state index contributed by atoms with van der Waals surface area (Å²) in [6.07, 6.45) is -3.34. The number of allylic oxidation sites excluding steroid dienone is 2. The molecule has 0 aliphatic carbocycles. The molecule has 1 aliphatic heterocycles. The topological polar surface area (TPSA) is 69.7 Å². The highest BCUT2D eigenvalue weighted by Gasteiger charge is 2.46. The van der Waals surface area contributed by atoms with Crippen molar-refractivity contribution in [3.8, 4) is 0 Å². The number of esters is 1. The number of hydrogen-bond acceptors (Lipinski definition) is 5. The second kappa shape index (κ2) is 12.6. The van der Waals surface area contributed by atoms with E-state index < -0.39 is 67.7 Å². The molecule has 0 fully saturated rings. The number of hydrogen-bond donors (Lipinski definition) is 0. The van der Waals surface area contributed by atoms with Gasteiger partial charge in [-0.3, -0.25) is 14.4 Å². The lowest BCUT2D eigenvalue weighted by atomic mass is 9.69. The molecule has 218 valence electrons. The van der Waals surface area contributed by atoms with E-state index in [9.17, 15) is 27.6 Å². The van der Waals surface area contributed by atoms with Crippen LogP contribution in [0, 0.1) is 23.2 Å². The van der Waals surface area contributed by atoms with E-state index in [2.05, 4.69) is 33.9 Å². The van der Waals surface area contributed by atoms with Crippen molar-refractivity contribution in [2.75, 3.05) is 0 Å². The molecule has 0 amide bonds. The molecule has 1 aliphatic rings. The first-order valence-electron chi connectivity index (χ1n) is 13.4. The highest BCUT2D eigenvalue weighted by atomic mass is 28.4. The van der Waals surface area contributed by atoms with E-state index in [1.165, 1.54) is 13.0 Å². The minimum absolute atomic E-state index is 0.0900. The first-order chi connectivity index (χ1) is 17.0. The van der Waals surface area contributed by atoms with Crippen LogP contribution in [-0.2, 0) is 23.5 Å². The summed E-state index contributed by atoms with van der Waals surface area (Å²) in [5.41, 5.74) is -1.74. The highest BCUT2D eigenvalue weighted by Crippen LogP contribution is 2.42. The normalized spacial score (nSPS) is 31.2. The zero-order valence-electron chi connectivity index (χ0n) is 24.9. The molecular formula is C29H47F3O5Si. The molecule has 0 aromatic carbocycles. The molecule has 9 heteroatoms. The lowest BCUT2D eigenvalue weighted by Gasteiger charge is -2.43. The van der Waals surface area contributed by atoms with E-state index in [-0.39, 0.29) is 29.6 Å². The van der Waals surface area contributed by atoms with Crippen LogP contribution < -0.4 is 0 Å². The second-order valence-corrected chi connectivity index (χ2v) is 17.6. The van der Waals surface area contributed by atoms with Crippen molar-refractivity contribution in [1.82, 2.24) is 0 Å². The van der Waals surface area contributed by atoms with Crippen molar-refractivity contribution in [1.29, 1.82) is 0 Å². The van der Waals surface area contributed by atoms with Gasteiger partial charge in [0.05, 0.1) is 6.10 Å². The Hall–Kier alpha value is -1.74. The Labute approximate surface area is 227 Å². The van der Waals surface area contributed by atoms with Gasteiger partial charge in [0.15, 0.2) is 20.2 Å². The fourth-order valence-electron chi connectivity index (χ4n) is 4.25. The molecule has 1 rings (SSSR count). The predicted molar refractivity (Wildman–Crippen MR) is 146 cm³/mol. The number of halogens is 3. The molecule has 1 heterocycles. The Kier molecular flexibility index (Phi) is 11.4. The largest absolute Gasteiger partial charge is 0.454 e. The Bertz CT molecular complexity index is 927. The van der Waals surface area contributed by atoms with Gasteiger partial charge < -0.3 is 9.16 Å². The quantitative estimate of drug-likeness (QED) is 0.202. The van der Waals surface area contributed by atoms with Crippen LogP contribution in [0.15, 0.2) is 23.8 Å². The van der Waals surface area contributed by atoms with Gasteiger partial charge in [0.1, 0.15) is 5.78 Å². The number of ether oxygens (including phenoxy) is 1. The summed E-state index contributed by atoms with van der Waals surface area (Å²) in [5, 5.41) is -0.138. The number of alkyl halides is 3. The van der Waals surface area contributed by atoms with Crippen LogP contribution in [0.5, 0.6) is 0 Å². The monoisotopic (exact) mass is 560 g/mol.